The number of carboxylic acids is 1. The van der Waals surface area contributed by atoms with Crippen molar-refractivity contribution in [2.75, 3.05) is 11.3 Å². The Morgan fingerprint density at radius 1 is 1.06 bits per heavy atom. The van der Waals surface area contributed by atoms with Crippen LogP contribution in [0.1, 0.15) is 31.1 Å². The number of rotatable bonds is 7. The van der Waals surface area contributed by atoms with Gasteiger partial charge in [-0.05, 0) is 57.2 Å². The fourth-order valence-electron chi connectivity index (χ4n) is 2.21. The van der Waals surface area contributed by atoms with Gasteiger partial charge in [-0.25, -0.2) is 8.42 Å². The van der Waals surface area contributed by atoms with Crippen LogP contribution >= 0.6 is 11.6 Å². The first-order chi connectivity index (χ1) is 14.3. The van der Waals surface area contributed by atoms with Crippen molar-refractivity contribution in [2.24, 2.45) is 5.41 Å². The van der Waals surface area contributed by atoms with E-state index in [-0.39, 0.29) is 26.9 Å². The molecule has 2 aromatic carbocycles. The van der Waals surface area contributed by atoms with E-state index in [9.17, 15) is 22.8 Å². The van der Waals surface area contributed by atoms with E-state index in [1.54, 1.807) is 20.8 Å². The van der Waals surface area contributed by atoms with Gasteiger partial charge in [-0.15, -0.1) is 0 Å². The van der Waals surface area contributed by atoms with Crippen LogP contribution in [-0.4, -0.2) is 37.9 Å². The van der Waals surface area contributed by atoms with Gasteiger partial charge >= 0.3 is 11.9 Å². The summed E-state index contributed by atoms with van der Waals surface area (Å²) < 4.78 is 33.0. The highest BCUT2D eigenvalue weighted by atomic mass is 35.5. The Morgan fingerprint density at radius 2 is 1.68 bits per heavy atom. The van der Waals surface area contributed by atoms with Crippen molar-refractivity contribution in [3.05, 3.63) is 53.1 Å². The minimum absolute atomic E-state index is 0.0534. The molecule has 0 aliphatic carbocycles. The molecule has 0 fully saturated rings. The molecule has 0 spiro atoms. The highest BCUT2D eigenvalue weighted by molar-refractivity contribution is 7.92. The smallest absolute Gasteiger partial charge is 0.322 e. The highest BCUT2D eigenvalue weighted by Crippen LogP contribution is 2.29. The second-order valence-corrected chi connectivity index (χ2v) is 9.54. The number of carbonyl (C=O) groups is 3. The Hall–Kier alpha value is -3.11. The molecule has 3 N–H and O–H groups in total. The average Bonchev–Trinajstić information content (AvgIpc) is 2.67. The van der Waals surface area contributed by atoms with Crippen molar-refractivity contribution < 1.29 is 32.6 Å². The number of nitrogens with one attached hydrogen (secondary N) is 2. The third kappa shape index (κ3) is 6.43. The summed E-state index contributed by atoms with van der Waals surface area (Å²) in [7, 11) is -4.17. The summed E-state index contributed by atoms with van der Waals surface area (Å²) in [5, 5.41) is 10.8. The van der Waals surface area contributed by atoms with Gasteiger partial charge in [-0.1, -0.05) is 17.7 Å². The van der Waals surface area contributed by atoms with E-state index in [4.69, 9.17) is 21.4 Å². The minimum Gasteiger partial charge on any atom is -0.480 e. The van der Waals surface area contributed by atoms with Crippen LogP contribution in [0.5, 0.6) is 5.75 Å². The Labute approximate surface area is 184 Å². The molecule has 1 amide bonds. The molecule has 2 rings (SSSR count). The summed E-state index contributed by atoms with van der Waals surface area (Å²) in [5.74, 6) is -2.38. The van der Waals surface area contributed by atoms with Gasteiger partial charge in [0.25, 0.3) is 15.9 Å². The summed E-state index contributed by atoms with van der Waals surface area (Å²) in [6.07, 6.45) is 0. The number of amides is 1. The minimum atomic E-state index is -4.17. The van der Waals surface area contributed by atoms with Crippen LogP contribution in [0.3, 0.4) is 0 Å². The van der Waals surface area contributed by atoms with E-state index in [1.165, 1.54) is 42.5 Å². The number of halogens is 1. The van der Waals surface area contributed by atoms with E-state index in [0.717, 1.165) is 0 Å². The zero-order chi connectivity index (χ0) is 23.4. The van der Waals surface area contributed by atoms with Crippen LogP contribution in [-0.2, 0) is 19.6 Å². The predicted molar refractivity (Wildman–Crippen MR) is 114 cm³/mol. The van der Waals surface area contributed by atoms with Crippen molar-refractivity contribution >= 4 is 45.2 Å². The summed E-state index contributed by atoms with van der Waals surface area (Å²) in [4.78, 5) is 34.7. The van der Waals surface area contributed by atoms with Gasteiger partial charge in [0, 0.05) is 0 Å². The SMILES string of the molecule is CC(C)(C)C(=O)Oc1ccc(S(=O)(=O)Nc2c(Cl)cccc2C(=O)NCC(=O)O)cc1. The number of carboxylic acid groups (broad SMARTS) is 1. The first kappa shape index (κ1) is 24.2. The molecule has 0 atom stereocenters. The monoisotopic (exact) mass is 468 g/mol. The first-order valence-electron chi connectivity index (χ1n) is 8.95. The number of para-hydroxylation sites is 1. The standard InChI is InChI=1S/C20H21ClN2O7S/c1-20(2,3)19(27)30-12-7-9-13(10-8-12)31(28,29)23-17-14(5-4-6-15(17)21)18(26)22-11-16(24)25/h4-10,23H,11H2,1-3H3,(H,22,26)(H,24,25). The maximum Gasteiger partial charge on any atom is 0.322 e. The Kier molecular flexibility index (Phi) is 7.29. The average molecular weight is 469 g/mol. The van der Waals surface area contributed by atoms with Crippen LogP contribution in [0.25, 0.3) is 0 Å². The number of esters is 1. The number of hydrogen-bond acceptors (Lipinski definition) is 6. The number of aliphatic carboxylic acids is 1. The van der Waals surface area contributed by atoms with Crippen LogP contribution in [0.15, 0.2) is 47.4 Å². The van der Waals surface area contributed by atoms with Gasteiger partial charge in [0.2, 0.25) is 0 Å². The third-order valence-corrected chi connectivity index (χ3v) is 5.53. The molecular weight excluding hydrogens is 448 g/mol. The molecular formula is C20H21ClN2O7S. The van der Waals surface area contributed by atoms with E-state index in [0.29, 0.717) is 0 Å². The van der Waals surface area contributed by atoms with Crippen LogP contribution in [0.4, 0.5) is 5.69 Å². The number of carbonyl (C=O) groups excluding carboxylic acids is 2. The van der Waals surface area contributed by atoms with Gasteiger partial charge in [-0.3, -0.25) is 19.1 Å². The molecule has 0 radical (unpaired) electrons. The van der Waals surface area contributed by atoms with Crippen molar-refractivity contribution in [3.63, 3.8) is 0 Å². The normalized spacial score (nSPS) is 11.5. The first-order valence-corrected chi connectivity index (χ1v) is 10.8. The number of hydrogen-bond donors (Lipinski definition) is 3. The van der Waals surface area contributed by atoms with Gasteiger partial charge < -0.3 is 15.2 Å². The van der Waals surface area contributed by atoms with Crippen molar-refractivity contribution in [1.29, 1.82) is 0 Å². The van der Waals surface area contributed by atoms with Crippen LogP contribution in [0.2, 0.25) is 5.02 Å². The molecule has 0 saturated heterocycles. The molecule has 0 aromatic heterocycles. The molecule has 11 heteroatoms. The molecule has 0 heterocycles. The zero-order valence-electron chi connectivity index (χ0n) is 16.9. The fourth-order valence-corrected chi connectivity index (χ4v) is 3.59. The van der Waals surface area contributed by atoms with Crippen LogP contribution in [0, 0.1) is 5.41 Å². The quantitative estimate of drug-likeness (QED) is 0.419. The summed E-state index contributed by atoms with van der Waals surface area (Å²) in [6, 6.07) is 9.21. The molecule has 9 nitrogen and oxygen atoms in total. The van der Waals surface area contributed by atoms with Gasteiger partial charge in [0.05, 0.1) is 26.6 Å². The molecule has 0 saturated carbocycles. The maximum absolute atomic E-state index is 12.8. The third-order valence-electron chi connectivity index (χ3n) is 3.85. The molecule has 31 heavy (non-hydrogen) atoms. The van der Waals surface area contributed by atoms with Crippen molar-refractivity contribution in [2.45, 2.75) is 25.7 Å². The van der Waals surface area contributed by atoms with Crippen LogP contribution < -0.4 is 14.8 Å². The fraction of sp³-hybridized carbons (Fsp3) is 0.250. The number of ether oxygens (including phenoxy) is 1. The molecule has 0 aliphatic heterocycles. The van der Waals surface area contributed by atoms with E-state index in [2.05, 4.69) is 10.0 Å². The van der Waals surface area contributed by atoms with Gasteiger partial charge in [0.1, 0.15) is 12.3 Å². The van der Waals surface area contributed by atoms with E-state index in [1.807, 2.05) is 0 Å². The predicted octanol–water partition coefficient (Wildman–Crippen LogP) is 2.91. The lowest BCUT2D eigenvalue weighted by atomic mass is 9.97. The summed E-state index contributed by atoms with van der Waals surface area (Å²) in [6.45, 7) is 4.41. The summed E-state index contributed by atoms with van der Waals surface area (Å²) >= 11 is 6.07. The number of sulfonamides is 1. The summed E-state index contributed by atoms with van der Waals surface area (Å²) in [5.41, 5.74) is -1.07. The lowest BCUT2D eigenvalue weighted by Gasteiger charge is -2.17. The second-order valence-electron chi connectivity index (χ2n) is 7.46. The van der Waals surface area contributed by atoms with Crippen molar-refractivity contribution in [3.8, 4) is 5.75 Å². The van der Waals surface area contributed by atoms with Gasteiger partial charge in [-0.2, -0.15) is 0 Å². The highest BCUT2D eigenvalue weighted by Gasteiger charge is 2.25. The number of anilines is 1. The van der Waals surface area contributed by atoms with E-state index < -0.39 is 39.8 Å². The molecule has 166 valence electrons. The van der Waals surface area contributed by atoms with E-state index >= 15 is 0 Å². The van der Waals surface area contributed by atoms with Gasteiger partial charge in [0.15, 0.2) is 0 Å². The Balaban J connectivity index is 2.27. The molecule has 0 bridgehead atoms. The molecule has 2 aromatic rings. The maximum atomic E-state index is 12.8. The molecule has 0 aliphatic rings. The number of benzene rings is 2. The molecule has 0 unspecified atom stereocenters. The van der Waals surface area contributed by atoms with Crippen molar-refractivity contribution in [1.82, 2.24) is 5.32 Å². The Bertz CT molecular complexity index is 1110. The lowest BCUT2D eigenvalue weighted by molar-refractivity contribution is -0.143. The lowest BCUT2D eigenvalue weighted by Crippen LogP contribution is -2.30. The topological polar surface area (TPSA) is 139 Å². The second kappa shape index (κ2) is 9.36. The Morgan fingerprint density at radius 3 is 2.23 bits per heavy atom. The largest absolute Gasteiger partial charge is 0.480 e. The zero-order valence-corrected chi connectivity index (χ0v) is 18.5.